The molecular weight excluding hydrogens is 360 g/mol. The summed E-state index contributed by atoms with van der Waals surface area (Å²) in [5.41, 5.74) is 0.299. The highest BCUT2D eigenvalue weighted by Gasteiger charge is 2.10. The van der Waals surface area contributed by atoms with E-state index >= 15 is 0 Å². The van der Waals surface area contributed by atoms with Gasteiger partial charge in [-0.3, -0.25) is 4.79 Å². The molecule has 4 nitrogen and oxygen atoms in total. The predicted molar refractivity (Wildman–Crippen MR) is 82.1 cm³/mol. The van der Waals surface area contributed by atoms with E-state index in [0.717, 1.165) is 4.47 Å². The standard InChI is InChI=1S/C15H10BrClO4/c16-11-5-6-14(12(17)7-11)20-9-15(19)21-13-4-2-1-3-10(13)8-18/h1-8H,9H2. The molecule has 0 bridgehead atoms. The maximum Gasteiger partial charge on any atom is 0.349 e. The highest BCUT2D eigenvalue weighted by Crippen LogP contribution is 2.27. The van der Waals surface area contributed by atoms with Crippen LogP contribution in [0.5, 0.6) is 11.5 Å². The molecule has 2 aromatic rings. The largest absolute Gasteiger partial charge is 0.480 e. The molecule has 0 saturated heterocycles. The van der Waals surface area contributed by atoms with E-state index in [4.69, 9.17) is 21.1 Å². The van der Waals surface area contributed by atoms with Gasteiger partial charge in [-0.2, -0.15) is 0 Å². The van der Waals surface area contributed by atoms with Gasteiger partial charge in [0.05, 0.1) is 10.6 Å². The molecule has 0 fully saturated rings. The van der Waals surface area contributed by atoms with E-state index in [0.29, 0.717) is 22.6 Å². The lowest BCUT2D eigenvalue weighted by atomic mass is 10.2. The first kappa shape index (κ1) is 15.5. The fourth-order valence-electron chi connectivity index (χ4n) is 1.55. The number of carbonyl (C=O) groups excluding carboxylic acids is 2. The Morgan fingerprint density at radius 1 is 1.19 bits per heavy atom. The van der Waals surface area contributed by atoms with Gasteiger partial charge < -0.3 is 9.47 Å². The smallest absolute Gasteiger partial charge is 0.349 e. The van der Waals surface area contributed by atoms with Gasteiger partial charge in [-0.1, -0.05) is 39.7 Å². The molecular formula is C15H10BrClO4. The second kappa shape index (κ2) is 7.24. The zero-order valence-electron chi connectivity index (χ0n) is 10.7. The molecule has 0 aromatic heterocycles. The van der Waals surface area contributed by atoms with Gasteiger partial charge in [-0.25, -0.2) is 4.79 Å². The van der Waals surface area contributed by atoms with Crippen molar-refractivity contribution in [2.24, 2.45) is 0 Å². The third-order valence-corrected chi connectivity index (χ3v) is 3.30. The first-order valence-corrected chi connectivity index (χ1v) is 7.10. The van der Waals surface area contributed by atoms with Crippen molar-refractivity contribution in [3.8, 4) is 11.5 Å². The molecule has 2 aromatic carbocycles. The Balaban J connectivity index is 1.97. The van der Waals surface area contributed by atoms with E-state index in [1.54, 1.807) is 36.4 Å². The number of rotatable bonds is 5. The number of halogens is 2. The van der Waals surface area contributed by atoms with Crippen LogP contribution in [0, 0.1) is 0 Å². The van der Waals surface area contributed by atoms with E-state index < -0.39 is 5.97 Å². The molecule has 0 aliphatic carbocycles. The Morgan fingerprint density at radius 2 is 1.95 bits per heavy atom. The summed E-state index contributed by atoms with van der Waals surface area (Å²) in [6, 6.07) is 11.5. The average molecular weight is 370 g/mol. The Labute approximate surface area is 134 Å². The molecule has 0 radical (unpaired) electrons. The summed E-state index contributed by atoms with van der Waals surface area (Å²) < 4.78 is 11.2. The Kier molecular flexibility index (Phi) is 5.36. The summed E-state index contributed by atoms with van der Waals surface area (Å²) in [5.74, 6) is -0.0493. The Bertz CT molecular complexity index is 672. The van der Waals surface area contributed by atoms with Gasteiger partial charge in [0, 0.05) is 4.47 Å². The highest BCUT2D eigenvalue weighted by molar-refractivity contribution is 9.10. The second-order valence-electron chi connectivity index (χ2n) is 3.99. The second-order valence-corrected chi connectivity index (χ2v) is 5.32. The van der Waals surface area contributed by atoms with E-state index in [1.807, 2.05) is 0 Å². The average Bonchev–Trinajstić information content (AvgIpc) is 2.47. The van der Waals surface area contributed by atoms with E-state index in [1.165, 1.54) is 6.07 Å². The van der Waals surface area contributed by atoms with Crippen LogP contribution in [0.4, 0.5) is 0 Å². The molecule has 0 heterocycles. The van der Waals surface area contributed by atoms with Crippen LogP contribution in [-0.2, 0) is 4.79 Å². The van der Waals surface area contributed by atoms with Gasteiger partial charge in [0.1, 0.15) is 11.5 Å². The molecule has 2 rings (SSSR count). The molecule has 0 aliphatic rings. The number of aldehydes is 1. The molecule has 0 aliphatic heterocycles. The minimum Gasteiger partial charge on any atom is -0.480 e. The maximum absolute atomic E-state index is 11.7. The lowest BCUT2D eigenvalue weighted by Gasteiger charge is -2.09. The van der Waals surface area contributed by atoms with Crippen molar-refractivity contribution in [2.45, 2.75) is 0 Å². The van der Waals surface area contributed by atoms with Gasteiger partial charge >= 0.3 is 5.97 Å². The van der Waals surface area contributed by atoms with Crippen LogP contribution in [0.3, 0.4) is 0 Å². The number of para-hydroxylation sites is 1. The predicted octanol–water partition coefficient (Wildman–Crippen LogP) is 3.90. The quantitative estimate of drug-likeness (QED) is 0.456. The van der Waals surface area contributed by atoms with E-state index in [-0.39, 0.29) is 12.4 Å². The summed E-state index contributed by atoms with van der Waals surface area (Å²) in [7, 11) is 0. The van der Waals surface area contributed by atoms with Crippen LogP contribution in [0.15, 0.2) is 46.9 Å². The minimum atomic E-state index is -0.622. The van der Waals surface area contributed by atoms with Crippen molar-refractivity contribution in [3.05, 3.63) is 57.5 Å². The van der Waals surface area contributed by atoms with Crippen molar-refractivity contribution in [1.82, 2.24) is 0 Å². The molecule has 0 atom stereocenters. The lowest BCUT2D eigenvalue weighted by molar-refractivity contribution is -0.136. The van der Waals surface area contributed by atoms with Crippen LogP contribution < -0.4 is 9.47 Å². The molecule has 0 saturated carbocycles. The normalized spacial score (nSPS) is 10.0. The molecule has 0 unspecified atom stereocenters. The number of hydrogen-bond acceptors (Lipinski definition) is 4. The first-order chi connectivity index (χ1) is 10.1. The van der Waals surface area contributed by atoms with Gasteiger partial charge in [0.25, 0.3) is 0 Å². The topological polar surface area (TPSA) is 52.6 Å². The van der Waals surface area contributed by atoms with Crippen LogP contribution in [-0.4, -0.2) is 18.9 Å². The third-order valence-electron chi connectivity index (χ3n) is 2.51. The van der Waals surface area contributed by atoms with E-state index in [9.17, 15) is 9.59 Å². The van der Waals surface area contributed by atoms with Crippen LogP contribution in [0.25, 0.3) is 0 Å². The van der Waals surface area contributed by atoms with Gasteiger partial charge in [0.15, 0.2) is 12.9 Å². The zero-order chi connectivity index (χ0) is 15.2. The minimum absolute atomic E-state index is 0.197. The summed E-state index contributed by atoms with van der Waals surface area (Å²) in [6.07, 6.45) is 0.620. The first-order valence-electron chi connectivity index (χ1n) is 5.93. The lowest BCUT2D eigenvalue weighted by Crippen LogP contribution is -2.18. The fourth-order valence-corrected chi connectivity index (χ4v) is 2.28. The van der Waals surface area contributed by atoms with Crippen molar-refractivity contribution < 1.29 is 19.1 Å². The third kappa shape index (κ3) is 4.31. The molecule has 0 amide bonds. The molecule has 6 heteroatoms. The number of carbonyl (C=O) groups is 2. The number of benzene rings is 2. The summed E-state index contributed by atoms with van der Waals surface area (Å²) in [5, 5.41) is 0.380. The van der Waals surface area contributed by atoms with Gasteiger partial charge in [-0.05, 0) is 30.3 Å². The SMILES string of the molecule is O=Cc1ccccc1OC(=O)COc1ccc(Br)cc1Cl. The fraction of sp³-hybridized carbons (Fsp3) is 0.0667. The summed E-state index contributed by atoms with van der Waals surface area (Å²) in [4.78, 5) is 22.5. The maximum atomic E-state index is 11.7. The van der Waals surface area contributed by atoms with Crippen LogP contribution in [0.1, 0.15) is 10.4 Å². The summed E-state index contributed by atoms with van der Waals surface area (Å²) in [6.45, 7) is -0.311. The number of esters is 1. The molecule has 0 N–H and O–H groups in total. The number of ether oxygens (including phenoxy) is 2. The molecule has 21 heavy (non-hydrogen) atoms. The molecule has 0 spiro atoms. The van der Waals surface area contributed by atoms with Crippen LogP contribution >= 0.6 is 27.5 Å². The zero-order valence-corrected chi connectivity index (χ0v) is 13.1. The van der Waals surface area contributed by atoms with Crippen molar-refractivity contribution in [3.63, 3.8) is 0 Å². The van der Waals surface area contributed by atoms with Gasteiger partial charge in [-0.15, -0.1) is 0 Å². The van der Waals surface area contributed by atoms with E-state index in [2.05, 4.69) is 15.9 Å². The molecule has 108 valence electrons. The highest BCUT2D eigenvalue weighted by atomic mass is 79.9. The van der Waals surface area contributed by atoms with Gasteiger partial charge in [0.2, 0.25) is 0 Å². The summed E-state index contributed by atoms with van der Waals surface area (Å²) >= 11 is 9.24. The van der Waals surface area contributed by atoms with Crippen molar-refractivity contribution in [1.29, 1.82) is 0 Å². The monoisotopic (exact) mass is 368 g/mol. The van der Waals surface area contributed by atoms with Crippen molar-refractivity contribution >= 4 is 39.8 Å². The number of hydrogen-bond donors (Lipinski definition) is 0. The van der Waals surface area contributed by atoms with Crippen LogP contribution in [0.2, 0.25) is 5.02 Å². The van der Waals surface area contributed by atoms with Crippen molar-refractivity contribution in [2.75, 3.05) is 6.61 Å². The Morgan fingerprint density at radius 3 is 2.67 bits per heavy atom. The Hall–Kier alpha value is -1.85.